The van der Waals surface area contributed by atoms with Crippen molar-refractivity contribution in [1.82, 2.24) is 0 Å². The van der Waals surface area contributed by atoms with E-state index in [4.69, 9.17) is 0 Å². The lowest BCUT2D eigenvalue weighted by molar-refractivity contribution is 1.23. The first-order chi connectivity index (χ1) is 22.3. The Balaban J connectivity index is 1.14. The summed E-state index contributed by atoms with van der Waals surface area (Å²) in [6.07, 6.45) is 0.970. The van der Waals surface area contributed by atoms with Gasteiger partial charge < -0.3 is 4.90 Å². The van der Waals surface area contributed by atoms with Gasteiger partial charge in [-0.3, -0.25) is 0 Å². The summed E-state index contributed by atoms with van der Waals surface area (Å²) in [5.41, 5.74) is 13.9. The van der Waals surface area contributed by atoms with E-state index in [1.807, 2.05) is 11.3 Å². The van der Waals surface area contributed by atoms with E-state index in [0.717, 1.165) is 17.8 Å². The van der Waals surface area contributed by atoms with Crippen molar-refractivity contribution in [2.24, 2.45) is 0 Å². The fourth-order valence-corrected chi connectivity index (χ4v) is 8.15. The molecule has 9 rings (SSSR count). The van der Waals surface area contributed by atoms with Gasteiger partial charge in [-0.2, -0.15) is 0 Å². The van der Waals surface area contributed by atoms with Gasteiger partial charge in [0.05, 0.1) is 0 Å². The monoisotopic (exact) mass is 591 g/mol. The molecule has 0 N–H and O–H groups in total. The molecule has 0 spiro atoms. The van der Waals surface area contributed by atoms with Gasteiger partial charge in [0.1, 0.15) is 0 Å². The molecule has 0 atom stereocenters. The summed E-state index contributed by atoms with van der Waals surface area (Å²) in [7, 11) is 0. The summed E-state index contributed by atoms with van der Waals surface area (Å²) >= 11 is 1.88. The largest absolute Gasteiger partial charge is 0.310 e. The summed E-state index contributed by atoms with van der Waals surface area (Å²) in [5.74, 6) is 0. The lowest BCUT2D eigenvalue weighted by Gasteiger charge is -2.26. The van der Waals surface area contributed by atoms with Gasteiger partial charge >= 0.3 is 0 Å². The fourth-order valence-electron chi connectivity index (χ4n) is 6.92. The second-order valence-corrected chi connectivity index (χ2v) is 12.8. The van der Waals surface area contributed by atoms with E-state index in [9.17, 15) is 0 Å². The number of fused-ring (bicyclic) bond motifs is 6. The molecule has 0 bridgehead atoms. The predicted octanol–water partition coefficient (Wildman–Crippen LogP) is 12.4. The van der Waals surface area contributed by atoms with Crippen molar-refractivity contribution >= 4 is 48.6 Å². The first kappa shape index (κ1) is 26.0. The molecule has 1 aromatic heterocycles. The molecule has 0 aliphatic heterocycles. The normalized spacial score (nSPS) is 11.9. The third-order valence-corrected chi connectivity index (χ3v) is 10.3. The lowest BCUT2D eigenvalue weighted by atomic mass is 10.0. The maximum atomic E-state index is 2.39. The van der Waals surface area contributed by atoms with E-state index < -0.39 is 0 Å². The van der Waals surface area contributed by atoms with Crippen molar-refractivity contribution < 1.29 is 0 Å². The molecular weight excluding hydrogens is 563 g/mol. The van der Waals surface area contributed by atoms with Crippen LogP contribution in [0.2, 0.25) is 0 Å². The van der Waals surface area contributed by atoms with Crippen LogP contribution >= 0.6 is 11.3 Å². The van der Waals surface area contributed by atoms with Crippen LogP contribution < -0.4 is 4.90 Å². The molecule has 212 valence electrons. The number of anilines is 3. The van der Waals surface area contributed by atoms with Gasteiger partial charge in [-0.1, -0.05) is 121 Å². The molecular formula is C43H29NS. The minimum absolute atomic E-state index is 0.970. The molecule has 0 amide bonds. The van der Waals surface area contributed by atoms with Gasteiger partial charge in [-0.15, -0.1) is 11.3 Å². The molecule has 8 aromatic rings. The van der Waals surface area contributed by atoms with Crippen LogP contribution in [0.15, 0.2) is 164 Å². The fraction of sp³-hybridized carbons (Fsp3) is 0.0233. The van der Waals surface area contributed by atoms with Crippen LogP contribution in [-0.4, -0.2) is 0 Å². The number of nitrogens with zero attached hydrogens (tertiary/aromatic N) is 1. The Morgan fingerprint density at radius 2 is 1.00 bits per heavy atom. The number of benzene rings is 7. The average molecular weight is 592 g/mol. The van der Waals surface area contributed by atoms with Crippen molar-refractivity contribution in [3.05, 3.63) is 175 Å². The number of hydrogen-bond acceptors (Lipinski definition) is 2. The van der Waals surface area contributed by atoms with Gasteiger partial charge in [0.25, 0.3) is 0 Å². The standard InChI is InChI=1S/C43H29NS/c1-2-9-29(10-3-1)30-17-21-34(22-18-30)44(36-25-26-38-33(28-36)27-32-11-4-5-12-37(32)38)35-23-19-31(20-24-35)39-14-8-15-41-40-13-6-7-16-42(40)45-43(39)41/h1-26,28H,27H2. The van der Waals surface area contributed by atoms with Crippen LogP contribution in [0.5, 0.6) is 0 Å². The number of hydrogen-bond donors (Lipinski definition) is 0. The highest BCUT2D eigenvalue weighted by Gasteiger charge is 2.21. The Bertz CT molecular complexity index is 2330. The van der Waals surface area contributed by atoms with E-state index in [-0.39, 0.29) is 0 Å². The van der Waals surface area contributed by atoms with Crippen molar-refractivity contribution in [3.63, 3.8) is 0 Å². The van der Waals surface area contributed by atoms with Gasteiger partial charge in [0, 0.05) is 37.2 Å². The van der Waals surface area contributed by atoms with Crippen LogP contribution in [0.3, 0.4) is 0 Å². The molecule has 0 unspecified atom stereocenters. The third-order valence-electron chi connectivity index (χ3n) is 9.11. The Morgan fingerprint density at radius 3 is 1.82 bits per heavy atom. The molecule has 1 aliphatic rings. The van der Waals surface area contributed by atoms with E-state index in [1.165, 1.54) is 70.4 Å². The maximum absolute atomic E-state index is 2.39. The highest BCUT2D eigenvalue weighted by Crippen LogP contribution is 2.44. The van der Waals surface area contributed by atoms with Gasteiger partial charge in [-0.05, 0) is 93.4 Å². The van der Waals surface area contributed by atoms with Crippen molar-refractivity contribution in [2.45, 2.75) is 6.42 Å². The Kier molecular flexibility index (Phi) is 6.14. The smallest absolute Gasteiger partial charge is 0.0464 e. The topological polar surface area (TPSA) is 3.24 Å². The van der Waals surface area contributed by atoms with Crippen LogP contribution in [-0.2, 0) is 6.42 Å². The Morgan fingerprint density at radius 1 is 0.400 bits per heavy atom. The van der Waals surface area contributed by atoms with Crippen LogP contribution in [0, 0.1) is 0 Å². The first-order valence-corrected chi connectivity index (χ1v) is 16.3. The average Bonchev–Trinajstić information content (AvgIpc) is 3.68. The zero-order valence-electron chi connectivity index (χ0n) is 24.7. The van der Waals surface area contributed by atoms with E-state index in [2.05, 4.69) is 169 Å². The van der Waals surface area contributed by atoms with Crippen LogP contribution in [0.1, 0.15) is 11.1 Å². The van der Waals surface area contributed by atoms with Crippen molar-refractivity contribution in [3.8, 4) is 33.4 Å². The molecule has 2 heteroatoms. The zero-order chi connectivity index (χ0) is 29.7. The summed E-state index contributed by atoms with van der Waals surface area (Å²) in [5, 5.41) is 2.66. The predicted molar refractivity (Wildman–Crippen MR) is 193 cm³/mol. The van der Waals surface area contributed by atoms with Gasteiger partial charge in [-0.25, -0.2) is 0 Å². The SMILES string of the molecule is c1ccc(-c2ccc(N(c3ccc(-c4cccc5c4sc4ccccc45)cc3)c3ccc4c(c3)Cc3ccccc3-4)cc2)cc1. The molecule has 0 saturated heterocycles. The van der Waals surface area contributed by atoms with Gasteiger partial charge in [0.15, 0.2) is 0 Å². The molecule has 1 nitrogen and oxygen atoms in total. The highest BCUT2D eigenvalue weighted by atomic mass is 32.1. The highest BCUT2D eigenvalue weighted by molar-refractivity contribution is 7.26. The Labute approximate surface area is 267 Å². The minimum atomic E-state index is 0.970. The van der Waals surface area contributed by atoms with Crippen molar-refractivity contribution in [2.75, 3.05) is 4.90 Å². The summed E-state index contributed by atoms with van der Waals surface area (Å²) in [4.78, 5) is 2.39. The lowest BCUT2D eigenvalue weighted by Crippen LogP contribution is -2.10. The second-order valence-electron chi connectivity index (χ2n) is 11.8. The van der Waals surface area contributed by atoms with E-state index in [0.29, 0.717) is 0 Å². The van der Waals surface area contributed by atoms with Gasteiger partial charge in [0.2, 0.25) is 0 Å². The van der Waals surface area contributed by atoms with Crippen LogP contribution in [0.25, 0.3) is 53.6 Å². The number of rotatable bonds is 5. The molecule has 1 heterocycles. The number of thiophene rings is 1. The first-order valence-electron chi connectivity index (χ1n) is 15.5. The van der Waals surface area contributed by atoms with E-state index >= 15 is 0 Å². The molecule has 0 saturated carbocycles. The maximum Gasteiger partial charge on any atom is 0.0464 e. The quantitative estimate of drug-likeness (QED) is 0.192. The van der Waals surface area contributed by atoms with Crippen LogP contribution in [0.4, 0.5) is 17.1 Å². The van der Waals surface area contributed by atoms with Crippen molar-refractivity contribution in [1.29, 1.82) is 0 Å². The zero-order valence-corrected chi connectivity index (χ0v) is 25.5. The molecule has 1 aliphatic carbocycles. The Hall–Kier alpha value is -5.44. The summed E-state index contributed by atoms with van der Waals surface area (Å²) in [6, 6.07) is 59.8. The third kappa shape index (κ3) is 4.46. The molecule has 45 heavy (non-hydrogen) atoms. The second kappa shape index (κ2) is 10.6. The summed E-state index contributed by atoms with van der Waals surface area (Å²) in [6.45, 7) is 0. The molecule has 0 fully saturated rings. The molecule has 0 radical (unpaired) electrons. The van der Waals surface area contributed by atoms with E-state index in [1.54, 1.807) is 0 Å². The summed E-state index contributed by atoms with van der Waals surface area (Å²) < 4.78 is 2.68. The molecule has 7 aromatic carbocycles. The minimum Gasteiger partial charge on any atom is -0.310 e.